The lowest BCUT2D eigenvalue weighted by atomic mass is 9.87. The minimum absolute atomic E-state index is 0.218. The molecule has 1 spiro atoms. The molecule has 3 N–H and O–H groups in total. The standard InChI is InChI=1S/C14H18N4O/c15-12-14(7-4-8-16-10-14)18(13(19)17-12)9-11-5-2-1-3-6-11/h1-3,5-6,16H,4,7-10H2,(H2,15,17,19). The lowest BCUT2D eigenvalue weighted by molar-refractivity contribution is 0.146. The maximum absolute atomic E-state index is 12.1. The van der Waals surface area contributed by atoms with E-state index < -0.39 is 5.54 Å². The predicted octanol–water partition coefficient (Wildman–Crippen LogP) is 1.10. The normalized spacial score (nSPS) is 26.8. The highest BCUT2D eigenvalue weighted by Crippen LogP contribution is 2.31. The fourth-order valence-corrected chi connectivity index (χ4v) is 2.91. The van der Waals surface area contributed by atoms with Crippen LogP contribution in [0, 0.1) is 0 Å². The number of carbonyl (C=O) groups excluding carboxylic acids is 1. The molecule has 3 rings (SSSR count). The molecule has 1 saturated heterocycles. The predicted molar refractivity (Wildman–Crippen MR) is 73.8 cm³/mol. The van der Waals surface area contributed by atoms with Crippen molar-refractivity contribution in [2.24, 2.45) is 10.7 Å². The first-order valence-corrected chi connectivity index (χ1v) is 6.63. The molecular formula is C14H18N4O. The number of carbonyl (C=O) groups is 1. The largest absolute Gasteiger partial charge is 0.385 e. The molecule has 1 fully saturated rings. The van der Waals surface area contributed by atoms with Gasteiger partial charge in [0.05, 0.1) is 0 Å². The molecule has 2 aliphatic heterocycles. The average Bonchev–Trinajstić information content (AvgIpc) is 2.66. The summed E-state index contributed by atoms with van der Waals surface area (Å²) in [6.07, 6.45) is 1.89. The molecule has 0 aromatic heterocycles. The summed E-state index contributed by atoms with van der Waals surface area (Å²) >= 11 is 0. The zero-order valence-corrected chi connectivity index (χ0v) is 10.8. The third-order valence-corrected chi connectivity index (χ3v) is 3.99. The van der Waals surface area contributed by atoms with Crippen molar-refractivity contribution in [1.82, 2.24) is 10.2 Å². The second kappa shape index (κ2) is 4.66. The van der Waals surface area contributed by atoms with E-state index in [9.17, 15) is 4.79 Å². The number of amides is 2. The summed E-state index contributed by atoms with van der Waals surface area (Å²) in [4.78, 5) is 17.9. The van der Waals surface area contributed by atoms with Crippen LogP contribution >= 0.6 is 0 Å². The number of amidine groups is 1. The van der Waals surface area contributed by atoms with Gasteiger partial charge in [-0.05, 0) is 24.9 Å². The van der Waals surface area contributed by atoms with Crippen LogP contribution < -0.4 is 11.1 Å². The first-order valence-electron chi connectivity index (χ1n) is 6.63. The molecule has 5 nitrogen and oxygen atoms in total. The van der Waals surface area contributed by atoms with Crippen LogP contribution in [-0.4, -0.2) is 35.4 Å². The van der Waals surface area contributed by atoms with Gasteiger partial charge in [0.25, 0.3) is 0 Å². The van der Waals surface area contributed by atoms with E-state index in [1.54, 1.807) is 0 Å². The first-order chi connectivity index (χ1) is 9.22. The zero-order chi connectivity index (χ0) is 13.3. The van der Waals surface area contributed by atoms with E-state index in [1.165, 1.54) is 0 Å². The van der Waals surface area contributed by atoms with Crippen LogP contribution in [0.2, 0.25) is 0 Å². The van der Waals surface area contributed by atoms with E-state index in [2.05, 4.69) is 10.3 Å². The fourth-order valence-electron chi connectivity index (χ4n) is 2.91. The number of rotatable bonds is 2. The van der Waals surface area contributed by atoms with Crippen LogP contribution in [0.3, 0.4) is 0 Å². The van der Waals surface area contributed by atoms with Gasteiger partial charge in [-0.1, -0.05) is 30.3 Å². The number of hydrogen-bond donors (Lipinski definition) is 2. The summed E-state index contributed by atoms with van der Waals surface area (Å²) in [6.45, 7) is 2.23. The molecule has 2 amide bonds. The minimum atomic E-state index is -0.425. The lowest BCUT2D eigenvalue weighted by Crippen LogP contribution is -2.61. The summed E-state index contributed by atoms with van der Waals surface area (Å²) in [5.74, 6) is 0.459. The van der Waals surface area contributed by atoms with Crippen molar-refractivity contribution in [2.45, 2.75) is 24.9 Å². The number of aliphatic imine (C=N–C) groups is 1. The quantitative estimate of drug-likeness (QED) is 0.834. The molecule has 0 bridgehead atoms. The Morgan fingerprint density at radius 2 is 2.16 bits per heavy atom. The van der Waals surface area contributed by atoms with Crippen molar-refractivity contribution in [3.8, 4) is 0 Å². The molecule has 0 aliphatic carbocycles. The molecule has 1 unspecified atom stereocenters. The Hall–Kier alpha value is -1.88. The number of nitrogens with one attached hydrogen (secondary N) is 1. The van der Waals surface area contributed by atoms with E-state index in [0.717, 1.165) is 24.9 Å². The van der Waals surface area contributed by atoms with Crippen molar-refractivity contribution in [3.05, 3.63) is 35.9 Å². The van der Waals surface area contributed by atoms with Crippen LogP contribution in [0.15, 0.2) is 35.3 Å². The van der Waals surface area contributed by atoms with Gasteiger partial charge in [0, 0.05) is 13.1 Å². The van der Waals surface area contributed by atoms with E-state index in [-0.39, 0.29) is 6.03 Å². The molecule has 1 atom stereocenters. The minimum Gasteiger partial charge on any atom is -0.385 e. The smallest absolute Gasteiger partial charge is 0.346 e. The number of benzene rings is 1. The van der Waals surface area contributed by atoms with Gasteiger partial charge >= 0.3 is 6.03 Å². The number of nitrogens with zero attached hydrogens (tertiary/aromatic N) is 2. The van der Waals surface area contributed by atoms with Gasteiger partial charge in [-0.15, -0.1) is 0 Å². The Kier molecular flexibility index (Phi) is 2.98. The van der Waals surface area contributed by atoms with Crippen molar-refractivity contribution in [3.63, 3.8) is 0 Å². The molecule has 0 radical (unpaired) electrons. The van der Waals surface area contributed by atoms with Gasteiger partial charge in [0.2, 0.25) is 0 Å². The maximum atomic E-state index is 12.1. The third-order valence-electron chi connectivity index (χ3n) is 3.99. The summed E-state index contributed by atoms with van der Waals surface area (Å²) in [5, 5.41) is 3.33. The van der Waals surface area contributed by atoms with E-state index >= 15 is 0 Å². The topological polar surface area (TPSA) is 70.7 Å². The second-order valence-electron chi connectivity index (χ2n) is 5.16. The first kappa shape index (κ1) is 12.2. The third kappa shape index (κ3) is 2.00. The van der Waals surface area contributed by atoms with Crippen LogP contribution in [-0.2, 0) is 6.54 Å². The van der Waals surface area contributed by atoms with Gasteiger partial charge in [0.15, 0.2) is 0 Å². The SMILES string of the molecule is NC1=NC(=O)N(Cc2ccccc2)C12CCCNC2. The highest BCUT2D eigenvalue weighted by molar-refractivity contribution is 6.06. The molecular weight excluding hydrogens is 240 g/mol. The van der Waals surface area contributed by atoms with Crippen LogP contribution in [0.4, 0.5) is 4.79 Å². The molecule has 0 saturated carbocycles. The van der Waals surface area contributed by atoms with Crippen molar-refractivity contribution in [2.75, 3.05) is 13.1 Å². The Labute approximate surface area is 112 Å². The maximum Gasteiger partial charge on any atom is 0.346 e. The second-order valence-corrected chi connectivity index (χ2v) is 5.16. The van der Waals surface area contributed by atoms with Crippen molar-refractivity contribution < 1.29 is 4.79 Å². The Balaban J connectivity index is 1.88. The molecule has 1 aromatic carbocycles. The number of piperidine rings is 1. The van der Waals surface area contributed by atoms with Gasteiger partial charge in [-0.25, -0.2) is 4.79 Å². The molecule has 100 valence electrons. The monoisotopic (exact) mass is 258 g/mol. The van der Waals surface area contributed by atoms with Gasteiger partial charge < -0.3 is 16.0 Å². The van der Waals surface area contributed by atoms with Crippen molar-refractivity contribution in [1.29, 1.82) is 0 Å². The van der Waals surface area contributed by atoms with Crippen LogP contribution in [0.1, 0.15) is 18.4 Å². The fraction of sp³-hybridized carbons (Fsp3) is 0.429. The van der Waals surface area contributed by atoms with Gasteiger partial charge in [-0.2, -0.15) is 4.99 Å². The Morgan fingerprint density at radius 3 is 2.84 bits per heavy atom. The summed E-state index contributed by atoms with van der Waals surface area (Å²) in [5.41, 5.74) is 6.70. The number of urea groups is 1. The van der Waals surface area contributed by atoms with E-state index in [1.807, 2.05) is 35.2 Å². The Bertz CT molecular complexity index is 505. The number of hydrogen-bond acceptors (Lipinski definition) is 3. The van der Waals surface area contributed by atoms with Crippen molar-refractivity contribution >= 4 is 11.9 Å². The molecule has 2 aliphatic rings. The summed E-state index contributed by atoms with van der Waals surface area (Å²) < 4.78 is 0. The highest BCUT2D eigenvalue weighted by Gasteiger charge is 2.48. The highest BCUT2D eigenvalue weighted by atomic mass is 16.2. The van der Waals surface area contributed by atoms with Gasteiger partial charge in [-0.3, -0.25) is 0 Å². The molecule has 19 heavy (non-hydrogen) atoms. The lowest BCUT2D eigenvalue weighted by Gasteiger charge is -2.41. The van der Waals surface area contributed by atoms with E-state index in [0.29, 0.717) is 18.9 Å². The van der Waals surface area contributed by atoms with Gasteiger partial charge in [0.1, 0.15) is 11.4 Å². The molecule has 5 heteroatoms. The summed E-state index contributed by atoms with van der Waals surface area (Å²) in [6, 6.07) is 9.75. The Morgan fingerprint density at radius 1 is 1.37 bits per heavy atom. The van der Waals surface area contributed by atoms with Crippen LogP contribution in [0.5, 0.6) is 0 Å². The van der Waals surface area contributed by atoms with E-state index in [4.69, 9.17) is 5.73 Å². The van der Waals surface area contributed by atoms with Crippen LogP contribution in [0.25, 0.3) is 0 Å². The molecule has 2 heterocycles. The zero-order valence-electron chi connectivity index (χ0n) is 10.8. The summed E-state index contributed by atoms with van der Waals surface area (Å²) in [7, 11) is 0. The molecule has 1 aromatic rings. The average molecular weight is 258 g/mol. The number of nitrogens with two attached hydrogens (primary N) is 1.